The van der Waals surface area contributed by atoms with Gasteiger partial charge in [-0.1, -0.05) is 25.1 Å². The van der Waals surface area contributed by atoms with Gasteiger partial charge < -0.3 is 9.72 Å². The van der Waals surface area contributed by atoms with E-state index >= 15 is 0 Å². The van der Waals surface area contributed by atoms with Gasteiger partial charge in [-0.2, -0.15) is 0 Å². The van der Waals surface area contributed by atoms with E-state index in [9.17, 15) is 4.79 Å². The van der Waals surface area contributed by atoms with Crippen molar-refractivity contribution >= 4 is 0 Å². The second-order valence-corrected chi connectivity index (χ2v) is 6.19. The first-order valence-corrected chi connectivity index (χ1v) is 8.75. The van der Waals surface area contributed by atoms with Gasteiger partial charge in [0, 0.05) is 38.0 Å². The molecule has 3 rings (SSSR count). The molecule has 1 N–H and O–H groups in total. The number of rotatable bonds is 6. The topological polar surface area (TPSA) is 58.2 Å². The number of fused-ring (bicyclic) bond motifs is 1. The molecule has 24 heavy (non-hydrogen) atoms. The summed E-state index contributed by atoms with van der Waals surface area (Å²) in [4.78, 5) is 22.2. The van der Waals surface area contributed by atoms with Crippen LogP contribution in [0.5, 0.6) is 5.75 Å². The Bertz CT molecular complexity index is 755. The van der Waals surface area contributed by atoms with Crippen LogP contribution in [-0.4, -0.2) is 28.0 Å². The molecule has 1 aliphatic rings. The Hall–Kier alpha value is -2.14. The van der Waals surface area contributed by atoms with Gasteiger partial charge in [-0.3, -0.25) is 9.69 Å². The Morgan fingerprint density at radius 3 is 2.92 bits per heavy atom. The first kappa shape index (κ1) is 16.7. The summed E-state index contributed by atoms with van der Waals surface area (Å²) in [7, 11) is 0. The van der Waals surface area contributed by atoms with Crippen molar-refractivity contribution in [2.45, 2.75) is 46.2 Å². The largest absolute Gasteiger partial charge is 0.494 e. The number of aromatic amines is 1. The summed E-state index contributed by atoms with van der Waals surface area (Å²) in [5.41, 5.74) is 2.97. The van der Waals surface area contributed by atoms with E-state index in [1.807, 2.05) is 25.1 Å². The standard InChI is InChI=1S/C19H25N3O2/c1-3-7-18-20-16-10-11-22(13-15(16)19(23)21-18)12-14-8-5-6-9-17(14)24-4-2/h5-6,8-9H,3-4,7,10-13H2,1-2H3,(H,20,21,23). The Morgan fingerprint density at radius 2 is 2.12 bits per heavy atom. The van der Waals surface area contributed by atoms with Crippen LogP contribution in [0.1, 0.15) is 42.9 Å². The summed E-state index contributed by atoms with van der Waals surface area (Å²) in [6.45, 7) is 7.08. The Balaban J connectivity index is 1.77. The van der Waals surface area contributed by atoms with Crippen LogP contribution in [0.4, 0.5) is 0 Å². The van der Waals surface area contributed by atoms with Gasteiger partial charge in [-0.05, 0) is 19.4 Å². The fraction of sp³-hybridized carbons (Fsp3) is 0.474. The summed E-state index contributed by atoms with van der Waals surface area (Å²) >= 11 is 0. The van der Waals surface area contributed by atoms with E-state index in [0.29, 0.717) is 13.2 Å². The lowest BCUT2D eigenvalue weighted by molar-refractivity contribution is 0.235. The van der Waals surface area contributed by atoms with Crippen LogP contribution in [0.2, 0.25) is 0 Å². The van der Waals surface area contributed by atoms with Crippen LogP contribution in [0.3, 0.4) is 0 Å². The second-order valence-electron chi connectivity index (χ2n) is 6.19. The number of hydrogen-bond donors (Lipinski definition) is 1. The highest BCUT2D eigenvalue weighted by Gasteiger charge is 2.21. The number of nitrogens with zero attached hydrogens (tertiary/aromatic N) is 2. The molecule has 2 aromatic rings. The van der Waals surface area contributed by atoms with Gasteiger partial charge in [-0.15, -0.1) is 0 Å². The number of aromatic nitrogens is 2. The van der Waals surface area contributed by atoms with Crippen molar-refractivity contribution in [3.8, 4) is 5.75 Å². The van der Waals surface area contributed by atoms with Crippen molar-refractivity contribution in [3.63, 3.8) is 0 Å². The molecule has 5 heteroatoms. The zero-order chi connectivity index (χ0) is 16.9. The van der Waals surface area contributed by atoms with Gasteiger partial charge in [0.1, 0.15) is 11.6 Å². The molecule has 0 saturated heterocycles. The third-order valence-electron chi connectivity index (χ3n) is 4.35. The number of H-pyrrole nitrogens is 1. The second kappa shape index (κ2) is 7.62. The van der Waals surface area contributed by atoms with Crippen LogP contribution in [0, 0.1) is 0 Å². The normalized spacial score (nSPS) is 14.4. The number of para-hydroxylation sites is 1. The van der Waals surface area contributed by atoms with Gasteiger partial charge in [0.25, 0.3) is 5.56 Å². The molecule has 0 unspecified atom stereocenters. The monoisotopic (exact) mass is 327 g/mol. The number of hydrogen-bond acceptors (Lipinski definition) is 4. The number of benzene rings is 1. The molecule has 1 aromatic carbocycles. The van der Waals surface area contributed by atoms with E-state index in [4.69, 9.17) is 4.74 Å². The molecule has 5 nitrogen and oxygen atoms in total. The molecule has 0 fully saturated rings. The van der Waals surface area contributed by atoms with E-state index < -0.39 is 0 Å². The maximum absolute atomic E-state index is 12.4. The van der Waals surface area contributed by atoms with Gasteiger partial charge in [-0.25, -0.2) is 4.98 Å². The molecule has 0 aliphatic carbocycles. The zero-order valence-electron chi connectivity index (χ0n) is 14.5. The number of nitrogens with one attached hydrogen (secondary N) is 1. The summed E-state index contributed by atoms with van der Waals surface area (Å²) in [6, 6.07) is 8.11. The predicted molar refractivity (Wildman–Crippen MR) is 94.3 cm³/mol. The quantitative estimate of drug-likeness (QED) is 0.886. The van der Waals surface area contributed by atoms with Crippen LogP contribution in [0.25, 0.3) is 0 Å². The third kappa shape index (κ3) is 3.67. The minimum atomic E-state index is 0.0197. The van der Waals surface area contributed by atoms with Gasteiger partial charge in [0.15, 0.2) is 0 Å². The SMILES string of the molecule is CCCc1nc2c(c(=O)[nH]1)CN(Cc1ccccc1OCC)CC2. The van der Waals surface area contributed by atoms with Crippen molar-refractivity contribution in [2.75, 3.05) is 13.2 Å². The first-order chi connectivity index (χ1) is 11.7. The van der Waals surface area contributed by atoms with Crippen molar-refractivity contribution in [2.24, 2.45) is 0 Å². The molecule has 0 radical (unpaired) electrons. The highest BCUT2D eigenvalue weighted by Crippen LogP contribution is 2.22. The van der Waals surface area contributed by atoms with Crippen LogP contribution >= 0.6 is 0 Å². The molecular formula is C19H25N3O2. The lowest BCUT2D eigenvalue weighted by atomic mass is 10.1. The molecule has 128 valence electrons. The summed E-state index contributed by atoms with van der Waals surface area (Å²) in [5, 5.41) is 0. The highest BCUT2D eigenvalue weighted by molar-refractivity contribution is 5.33. The Labute approximate surface area is 142 Å². The average Bonchev–Trinajstić information content (AvgIpc) is 2.58. The van der Waals surface area contributed by atoms with Crippen LogP contribution < -0.4 is 10.3 Å². The lowest BCUT2D eigenvalue weighted by Crippen LogP contribution is -2.35. The van der Waals surface area contributed by atoms with Crippen molar-refractivity contribution in [1.82, 2.24) is 14.9 Å². The van der Waals surface area contributed by atoms with E-state index in [1.165, 1.54) is 0 Å². The van der Waals surface area contributed by atoms with Gasteiger partial charge >= 0.3 is 0 Å². The molecule has 0 spiro atoms. The van der Waals surface area contributed by atoms with E-state index in [1.54, 1.807) is 0 Å². The van der Waals surface area contributed by atoms with Crippen molar-refractivity contribution in [1.29, 1.82) is 0 Å². The smallest absolute Gasteiger partial charge is 0.255 e. The van der Waals surface area contributed by atoms with Crippen LogP contribution in [0.15, 0.2) is 29.1 Å². The van der Waals surface area contributed by atoms with E-state index in [2.05, 4.69) is 27.9 Å². The average molecular weight is 327 g/mol. The predicted octanol–water partition coefficient (Wildman–Crippen LogP) is 2.68. The van der Waals surface area contributed by atoms with Crippen LogP contribution in [-0.2, 0) is 25.9 Å². The molecule has 0 amide bonds. The summed E-state index contributed by atoms with van der Waals surface area (Å²) < 4.78 is 5.71. The summed E-state index contributed by atoms with van der Waals surface area (Å²) in [5.74, 6) is 1.74. The molecule has 0 atom stereocenters. The number of aryl methyl sites for hydroxylation is 1. The molecule has 0 bridgehead atoms. The molecule has 0 saturated carbocycles. The first-order valence-electron chi connectivity index (χ1n) is 8.75. The number of ether oxygens (including phenoxy) is 1. The Kier molecular flexibility index (Phi) is 5.30. The highest BCUT2D eigenvalue weighted by atomic mass is 16.5. The fourth-order valence-electron chi connectivity index (χ4n) is 3.19. The molecule has 2 heterocycles. The third-order valence-corrected chi connectivity index (χ3v) is 4.35. The Morgan fingerprint density at radius 1 is 1.29 bits per heavy atom. The van der Waals surface area contributed by atoms with Gasteiger partial charge in [0.2, 0.25) is 0 Å². The van der Waals surface area contributed by atoms with Crippen molar-refractivity contribution in [3.05, 3.63) is 57.3 Å². The zero-order valence-corrected chi connectivity index (χ0v) is 14.5. The maximum Gasteiger partial charge on any atom is 0.255 e. The summed E-state index contributed by atoms with van der Waals surface area (Å²) in [6.07, 6.45) is 2.64. The molecule has 1 aromatic heterocycles. The lowest BCUT2D eigenvalue weighted by Gasteiger charge is -2.28. The molecular weight excluding hydrogens is 302 g/mol. The minimum Gasteiger partial charge on any atom is -0.494 e. The minimum absolute atomic E-state index is 0.0197. The van der Waals surface area contributed by atoms with Crippen molar-refractivity contribution < 1.29 is 4.74 Å². The molecule has 1 aliphatic heterocycles. The fourth-order valence-corrected chi connectivity index (χ4v) is 3.19. The van der Waals surface area contributed by atoms with E-state index in [0.717, 1.165) is 60.7 Å². The van der Waals surface area contributed by atoms with Gasteiger partial charge in [0.05, 0.1) is 17.9 Å². The van der Waals surface area contributed by atoms with E-state index in [-0.39, 0.29) is 5.56 Å². The maximum atomic E-state index is 12.4.